The molecule has 0 unspecified atom stereocenters. The number of benzene rings is 3. The van der Waals surface area contributed by atoms with Gasteiger partial charge in [0.1, 0.15) is 0 Å². The summed E-state index contributed by atoms with van der Waals surface area (Å²) in [6.07, 6.45) is 0. The molecule has 32 heavy (non-hydrogen) atoms. The van der Waals surface area contributed by atoms with Crippen LogP contribution in [0.4, 0.5) is 5.88 Å². The summed E-state index contributed by atoms with van der Waals surface area (Å²) in [4.78, 5) is 4.51. The van der Waals surface area contributed by atoms with Crippen LogP contribution in [0, 0.1) is 6.92 Å². The number of hydrogen-bond acceptors (Lipinski definition) is 7. The number of hydrogen-bond donors (Lipinski definition) is 1. The molecule has 0 saturated carbocycles. The topological polar surface area (TPSA) is 90.7 Å². The zero-order valence-corrected chi connectivity index (χ0v) is 18.1. The summed E-state index contributed by atoms with van der Waals surface area (Å²) in [6.45, 7) is 2.48. The maximum atomic E-state index is 13.3. The number of sulfone groups is 1. The maximum Gasteiger partial charge on any atom is 0.234 e. The lowest BCUT2D eigenvalue weighted by Gasteiger charge is -2.07. The van der Waals surface area contributed by atoms with Gasteiger partial charge in [0.2, 0.25) is 33.4 Å². The summed E-state index contributed by atoms with van der Waals surface area (Å²) >= 11 is 0. The largest absolute Gasteiger partial charge is 0.454 e. The highest BCUT2D eigenvalue weighted by Gasteiger charge is 2.28. The molecule has 0 atom stereocenters. The molecule has 0 fully saturated rings. The number of oxazole rings is 1. The van der Waals surface area contributed by atoms with Crippen LogP contribution in [0.2, 0.25) is 0 Å². The van der Waals surface area contributed by atoms with Crippen molar-refractivity contribution in [1.82, 2.24) is 4.98 Å². The number of nitrogens with zero attached hydrogens (tertiary/aromatic N) is 1. The van der Waals surface area contributed by atoms with Gasteiger partial charge in [0, 0.05) is 12.1 Å². The van der Waals surface area contributed by atoms with Gasteiger partial charge in [-0.3, -0.25) is 0 Å². The minimum atomic E-state index is -3.89. The predicted molar refractivity (Wildman–Crippen MR) is 118 cm³/mol. The molecular weight excluding hydrogens is 428 g/mol. The van der Waals surface area contributed by atoms with E-state index in [9.17, 15) is 8.42 Å². The fourth-order valence-electron chi connectivity index (χ4n) is 3.36. The van der Waals surface area contributed by atoms with Gasteiger partial charge in [0.15, 0.2) is 11.5 Å². The highest BCUT2D eigenvalue weighted by molar-refractivity contribution is 7.91. The molecule has 2 heterocycles. The van der Waals surface area contributed by atoms with Crippen LogP contribution >= 0.6 is 0 Å². The first-order valence-electron chi connectivity index (χ1n) is 10.0. The van der Waals surface area contributed by atoms with E-state index in [-0.39, 0.29) is 28.5 Å². The summed E-state index contributed by atoms with van der Waals surface area (Å²) in [7, 11) is -3.89. The van der Waals surface area contributed by atoms with Crippen LogP contribution in [-0.4, -0.2) is 20.2 Å². The van der Waals surface area contributed by atoms with Crippen molar-refractivity contribution < 1.29 is 22.3 Å². The van der Waals surface area contributed by atoms with E-state index < -0.39 is 9.84 Å². The Bertz CT molecular complexity index is 1360. The molecule has 8 heteroatoms. The molecule has 7 nitrogen and oxygen atoms in total. The fourth-order valence-corrected chi connectivity index (χ4v) is 4.66. The Morgan fingerprint density at radius 2 is 1.69 bits per heavy atom. The molecule has 0 saturated heterocycles. The molecule has 4 aromatic rings. The van der Waals surface area contributed by atoms with Crippen LogP contribution < -0.4 is 14.8 Å². The molecule has 1 aliphatic heterocycles. The number of aromatic nitrogens is 1. The summed E-state index contributed by atoms with van der Waals surface area (Å²) < 4.78 is 43.3. The Morgan fingerprint density at radius 3 is 2.47 bits per heavy atom. The number of aryl methyl sites for hydroxylation is 1. The van der Waals surface area contributed by atoms with Crippen LogP contribution in [0.15, 0.2) is 87.1 Å². The first-order chi connectivity index (χ1) is 15.5. The van der Waals surface area contributed by atoms with E-state index >= 15 is 0 Å². The normalized spacial score (nSPS) is 12.7. The van der Waals surface area contributed by atoms with Crippen LogP contribution in [-0.2, 0) is 16.4 Å². The lowest BCUT2D eigenvalue weighted by Crippen LogP contribution is -2.07. The molecule has 1 aromatic heterocycles. The van der Waals surface area contributed by atoms with E-state index in [1.165, 1.54) is 12.1 Å². The second-order valence-electron chi connectivity index (χ2n) is 7.38. The third-order valence-electron chi connectivity index (χ3n) is 5.09. The van der Waals surface area contributed by atoms with Crippen molar-refractivity contribution in [3.63, 3.8) is 0 Å². The minimum absolute atomic E-state index is 0.0853. The highest BCUT2D eigenvalue weighted by atomic mass is 32.2. The van der Waals surface area contributed by atoms with Crippen molar-refractivity contribution in [3.8, 4) is 23.0 Å². The Labute approximate surface area is 185 Å². The monoisotopic (exact) mass is 448 g/mol. The van der Waals surface area contributed by atoms with Gasteiger partial charge >= 0.3 is 0 Å². The smallest absolute Gasteiger partial charge is 0.234 e. The third-order valence-corrected chi connectivity index (χ3v) is 6.77. The second-order valence-corrected chi connectivity index (χ2v) is 9.24. The van der Waals surface area contributed by atoms with Gasteiger partial charge in [-0.1, -0.05) is 42.0 Å². The van der Waals surface area contributed by atoms with E-state index in [2.05, 4.69) is 10.3 Å². The molecule has 1 aliphatic rings. The zero-order valence-electron chi connectivity index (χ0n) is 17.2. The van der Waals surface area contributed by atoms with E-state index in [4.69, 9.17) is 13.9 Å². The first-order valence-corrected chi connectivity index (χ1v) is 11.5. The standard InChI is InChI=1S/C24H20N2O5S/c1-16-7-10-18(11-8-16)22-26-24(32(27,28)19-5-3-2-4-6-19)23(31-22)25-14-17-9-12-20-21(13-17)30-15-29-20/h2-13,25H,14-15H2,1H3. The SMILES string of the molecule is Cc1ccc(-c2nc(S(=O)(=O)c3ccccc3)c(NCc3ccc4c(c3)OCO4)o2)cc1. The molecule has 5 rings (SSSR count). The Balaban J connectivity index is 1.51. The summed E-state index contributed by atoms with van der Waals surface area (Å²) in [5, 5.41) is 2.94. The lowest BCUT2D eigenvalue weighted by molar-refractivity contribution is 0.174. The van der Waals surface area contributed by atoms with Gasteiger partial charge in [-0.25, -0.2) is 8.42 Å². The van der Waals surface area contributed by atoms with Crippen molar-refractivity contribution in [2.75, 3.05) is 12.1 Å². The van der Waals surface area contributed by atoms with Gasteiger partial charge in [0.05, 0.1) is 4.90 Å². The van der Waals surface area contributed by atoms with Gasteiger partial charge in [0.25, 0.3) is 0 Å². The Hall–Kier alpha value is -3.78. The van der Waals surface area contributed by atoms with Crippen LogP contribution in [0.3, 0.4) is 0 Å². The van der Waals surface area contributed by atoms with E-state index in [0.29, 0.717) is 23.6 Å². The number of anilines is 1. The van der Waals surface area contributed by atoms with Crippen molar-refractivity contribution in [2.45, 2.75) is 23.4 Å². The van der Waals surface area contributed by atoms with Crippen molar-refractivity contribution in [1.29, 1.82) is 0 Å². The van der Waals surface area contributed by atoms with Crippen molar-refractivity contribution >= 4 is 15.7 Å². The first kappa shape index (κ1) is 20.1. The fraction of sp³-hybridized carbons (Fsp3) is 0.125. The average Bonchev–Trinajstić information content (AvgIpc) is 3.46. The third kappa shape index (κ3) is 3.80. The van der Waals surface area contributed by atoms with E-state index in [0.717, 1.165) is 11.1 Å². The molecule has 0 bridgehead atoms. The van der Waals surface area contributed by atoms with Gasteiger partial charge < -0.3 is 19.2 Å². The molecule has 162 valence electrons. The number of ether oxygens (including phenoxy) is 2. The van der Waals surface area contributed by atoms with Crippen molar-refractivity contribution in [2.24, 2.45) is 0 Å². The molecule has 0 radical (unpaired) electrons. The molecule has 0 amide bonds. The number of rotatable bonds is 6. The molecular formula is C24H20N2O5S. The van der Waals surface area contributed by atoms with Crippen LogP contribution in [0.25, 0.3) is 11.5 Å². The quantitative estimate of drug-likeness (QED) is 0.452. The van der Waals surface area contributed by atoms with Gasteiger partial charge in [-0.05, 0) is 48.9 Å². The number of nitrogens with one attached hydrogen (secondary N) is 1. The molecule has 0 spiro atoms. The Morgan fingerprint density at radius 1 is 0.938 bits per heavy atom. The van der Waals surface area contributed by atoms with Crippen LogP contribution in [0.5, 0.6) is 11.5 Å². The second kappa shape index (κ2) is 8.05. The molecule has 3 aromatic carbocycles. The number of fused-ring (bicyclic) bond motifs is 1. The van der Waals surface area contributed by atoms with Crippen molar-refractivity contribution in [3.05, 3.63) is 83.9 Å². The predicted octanol–water partition coefficient (Wildman–Crippen LogP) is 4.82. The highest BCUT2D eigenvalue weighted by Crippen LogP contribution is 2.35. The van der Waals surface area contributed by atoms with Crippen LogP contribution in [0.1, 0.15) is 11.1 Å². The molecule has 1 N–H and O–H groups in total. The molecule has 0 aliphatic carbocycles. The minimum Gasteiger partial charge on any atom is -0.454 e. The van der Waals surface area contributed by atoms with Gasteiger partial charge in [-0.2, -0.15) is 4.98 Å². The lowest BCUT2D eigenvalue weighted by atomic mass is 10.1. The summed E-state index contributed by atoms with van der Waals surface area (Å²) in [6, 6.07) is 21.3. The zero-order chi connectivity index (χ0) is 22.1. The summed E-state index contributed by atoms with van der Waals surface area (Å²) in [5.74, 6) is 1.65. The van der Waals surface area contributed by atoms with E-state index in [1.807, 2.05) is 49.4 Å². The summed E-state index contributed by atoms with van der Waals surface area (Å²) in [5.41, 5.74) is 2.65. The van der Waals surface area contributed by atoms with E-state index in [1.54, 1.807) is 18.2 Å². The Kier molecular flexibility index (Phi) is 5.07. The van der Waals surface area contributed by atoms with Gasteiger partial charge in [-0.15, -0.1) is 0 Å². The maximum absolute atomic E-state index is 13.3. The average molecular weight is 449 g/mol.